The molecule has 0 fully saturated rings. The number of carbonyl (C=O) groups is 2. The molecule has 0 rings (SSSR count). The highest BCUT2D eigenvalue weighted by atomic mass is 16.6. The quantitative estimate of drug-likeness (QED) is 0.0536. The Balaban J connectivity index is 3.68. The average Bonchev–Trinajstić information content (AvgIpc) is 2.99. The van der Waals surface area contributed by atoms with Gasteiger partial charge in [-0.05, 0) is 77.0 Å². The number of allylic oxidation sites excluding steroid dienone is 10. The summed E-state index contributed by atoms with van der Waals surface area (Å²) in [5, 5.41) is 9.50. The van der Waals surface area contributed by atoms with Crippen LogP contribution in [0.25, 0.3) is 0 Å². The smallest absolute Gasteiger partial charge is 0.306 e. The van der Waals surface area contributed by atoms with E-state index in [0.29, 0.717) is 12.8 Å². The van der Waals surface area contributed by atoms with E-state index in [0.717, 1.165) is 77.0 Å². The third-order valence-corrected chi connectivity index (χ3v) is 6.80. The van der Waals surface area contributed by atoms with E-state index in [1.807, 2.05) is 0 Å². The van der Waals surface area contributed by atoms with Gasteiger partial charge in [0.05, 0.1) is 6.61 Å². The largest absolute Gasteiger partial charge is 0.462 e. The summed E-state index contributed by atoms with van der Waals surface area (Å²) in [4.78, 5) is 24.1. The predicted molar refractivity (Wildman–Crippen MR) is 177 cm³/mol. The van der Waals surface area contributed by atoms with Crippen LogP contribution in [0.3, 0.4) is 0 Å². The van der Waals surface area contributed by atoms with Crippen molar-refractivity contribution in [2.24, 2.45) is 0 Å². The Kier molecular flexibility index (Phi) is 31.2. The first kappa shape index (κ1) is 39.6. The molecule has 0 spiro atoms. The minimum absolute atomic E-state index is 0.0878. The Morgan fingerprint density at radius 3 is 1.57 bits per heavy atom. The Bertz CT molecular complexity index is 762. The van der Waals surface area contributed by atoms with Crippen LogP contribution in [0, 0.1) is 0 Å². The third-order valence-electron chi connectivity index (χ3n) is 6.80. The summed E-state index contributed by atoms with van der Waals surface area (Å²) in [6, 6.07) is 0. The number of hydrogen-bond donors (Lipinski definition) is 1. The zero-order valence-corrected chi connectivity index (χ0v) is 27.0. The Hall–Kier alpha value is -2.40. The maximum absolute atomic E-state index is 12.1. The summed E-state index contributed by atoms with van der Waals surface area (Å²) in [7, 11) is 0. The first-order chi connectivity index (χ1) is 20.6. The van der Waals surface area contributed by atoms with Crippen LogP contribution >= 0.6 is 0 Å². The van der Waals surface area contributed by atoms with Gasteiger partial charge >= 0.3 is 11.9 Å². The van der Waals surface area contributed by atoms with Crippen LogP contribution in [-0.4, -0.2) is 36.4 Å². The Morgan fingerprint density at radius 1 is 0.571 bits per heavy atom. The molecule has 0 aromatic carbocycles. The summed E-state index contributed by atoms with van der Waals surface area (Å²) in [5.41, 5.74) is 0. The molecule has 0 heterocycles. The second kappa shape index (κ2) is 33.1. The van der Waals surface area contributed by atoms with Crippen LogP contribution in [-0.2, 0) is 19.1 Å². The molecule has 0 saturated carbocycles. The summed E-state index contributed by atoms with van der Waals surface area (Å²) in [5.74, 6) is -0.649. The molecular formula is C37H62O5. The zero-order chi connectivity index (χ0) is 30.8. The van der Waals surface area contributed by atoms with Gasteiger partial charge in [0.15, 0.2) is 6.10 Å². The van der Waals surface area contributed by atoms with Gasteiger partial charge in [0.1, 0.15) is 6.61 Å². The molecule has 0 aliphatic heterocycles. The monoisotopic (exact) mass is 586 g/mol. The highest BCUT2D eigenvalue weighted by Crippen LogP contribution is 2.10. The molecule has 1 N–H and O–H groups in total. The van der Waals surface area contributed by atoms with Crippen LogP contribution < -0.4 is 0 Å². The van der Waals surface area contributed by atoms with Gasteiger partial charge in [0.2, 0.25) is 0 Å². The zero-order valence-electron chi connectivity index (χ0n) is 27.0. The van der Waals surface area contributed by atoms with Gasteiger partial charge in [-0.3, -0.25) is 9.59 Å². The second-order valence-electron chi connectivity index (χ2n) is 10.9. The lowest BCUT2D eigenvalue weighted by Gasteiger charge is -2.15. The van der Waals surface area contributed by atoms with E-state index in [1.165, 1.54) is 38.5 Å². The lowest BCUT2D eigenvalue weighted by Crippen LogP contribution is -2.28. The summed E-state index contributed by atoms with van der Waals surface area (Å²) in [6.45, 7) is 3.93. The maximum Gasteiger partial charge on any atom is 0.306 e. The van der Waals surface area contributed by atoms with Crippen LogP contribution in [0.5, 0.6) is 0 Å². The molecule has 1 unspecified atom stereocenters. The minimum atomic E-state index is -0.792. The number of aliphatic hydroxyl groups is 1. The molecule has 0 radical (unpaired) electrons. The van der Waals surface area contributed by atoms with Crippen molar-refractivity contribution in [2.45, 2.75) is 148 Å². The van der Waals surface area contributed by atoms with Crippen LogP contribution in [0.15, 0.2) is 60.8 Å². The van der Waals surface area contributed by atoms with E-state index < -0.39 is 6.10 Å². The van der Waals surface area contributed by atoms with Crippen molar-refractivity contribution in [3.63, 3.8) is 0 Å². The predicted octanol–water partition coefficient (Wildman–Crippen LogP) is 10.1. The summed E-state index contributed by atoms with van der Waals surface area (Å²) < 4.78 is 10.5. The molecule has 0 bridgehead atoms. The van der Waals surface area contributed by atoms with E-state index in [-0.39, 0.29) is 25.2 Å². The van der Waals surface area contributed by atoms with Gasteiger partial charge in [0.25, 0.3) is 0 Å². The number of carbonyl (C=O) groups excluding carboxylic acids is 2. The van der Waals surface area contributed by atoms with Crippen LogP contribution in [0.2, 0.25) is 0 Å². The fourth-order valence-corrected chi connectivity index (χ4v) is 4.24. The van der Waals surface area contributed by atoms with E-state index in [2.05, 4.69) is 74.6 Å². The summed E-state index contributed by atoms with van der Waals surface area (Å²) >= 11 is 0. The molecule has 0 amide bonds. The Labute approximate surface area is 258 Å². The Morgan fingerprint density at radius 2 is 1.02 bits per heavy atom. The molecule has 5 heteroatoms. The molecule has 0 aliphatic carbocycles. The van der Waals surface area contributed by atoms with Gasteiger partial charge < -0.3 is 14.6 Å². The number of aliphatic hydroxyl groups excluding tert-OH is 1. The number of esters is 2. The number of unbranched alkanes of at least 4 members (excludes halogenated alkanes) is 11. The molecule has 42 heavy (non-hydrogen) atoms. The molecule has 1 atom stereocenters. The highest BCUT2D eigenvalue weighted by Gasteiger charge is 2.16. The SMILES string of the molecule is CC/C=C\C/C=C\C/C=C\CCCCCC(=O)OC(CO)COC(=O)CCCCCCC/C=C\C/C=C\CCCCC. The van der Waals surface area contributed by atoms with Gasteiger partial charge in [-0.2, -0.15) is 0 Å². The van der Waals surface area contributed by atoms with Crippen molar-refractivity contribution in [3.8, 4) is 0 Å². The standard InChI is InChI=1S/C37H62O5/c1-3-5-7-9-11-13-15-17-18-20-21-23-25-27-29-31-36(39)41-34-35(33-38)42-37(40)32-30-28-26-24-22-19-16-14-12-10-8-6-4-2/h6,8,11-14,17-19,22,35,38H,3-5,7,9-10,15-16,20-21,23-34H2,1-2H3/b8-6-,13-11-,14-12-,18-17-,22-19-. The first-order valence-electron chi connectivity index (χ1n) is 16.8. The first-order valence-corrected chi connectivity index (χ1v) is 16.8. The lowest BCUT2D eigenvalue weighted by molar-refractivity contribution is -0.161. The van der Waals surface area contributed by atoms with Crippen molar-refractivity contribution in [3.05, 3.63) is 60.8 Å². The van der Waals surface area contributed by atoms with Gasteiger partial charge in [-0.25, -0.2) is 0 Å². The van der Waals surface area contributed by atoms with Gasteiger partial charge in [0, 0.05) is 12.8 Å². The van der Waals surface area contributed by atoms with E-state index in [4.69, 9.17) is 9.47 Å². The molecule has 240 valence electrons. The van der Waals surface area contributed by atoms with Gasteiger partial charge in [-0.1, -0.05) is 113 Å². The van der Waals surface area contributed by atoms with E-state index in [9.17, 15) is 14.7 Å². The van der Waals surface area contributed by atoms with Crippen molar-refractivity contribution in [2.75, 3.05) is 13.2 Å². The molecular weight excluding hydrogens is 524 g/mol. The van der Waals surface area contributed by atoms with Crippen molar-refractivity contribution in [1.29, 1.82) is 0 Å². The minimum Gasteiger partial charge on any atom is -0.462 e. The second-order valence-corrected chi connectivity index (χ2v) is 10.9. The topological polar surface area (TPSA) is 72.8 Å². The molecule has 0 aliphatic rings. The van der Waals surface area contributed by atoms with Crippen LogP contribution in [0.1, 0.15) is 142 Å². The third kappa shape index (κ3) is 30.6. The van der Waals surface area contributed by atoms with Crippen LogP contribution in [0.4, 0.5) is 0 Å². The number of hydrogen-bond acceptors (Lipinski definition) is 5. The van der Waals surface area contributed by atoms with Crippen molar-refractivity contribution < 1.29 is 24.2 Å². The maximum atomic E-state index is 12.1. The lowest BCUT2D eigenvalue weighted by atomic mass is 10.1. The molecule has 0 aromatic rings. The highest BCUT2D eigenvalue weighted by molar-refractivity contribution is 5.70. The number of rotatable bonds is 29. The van der Waals surface area contributed by atoms with Gasteiger partial charge in [-0.15, -0.1) is 0 Å². The summed E-state index contributed by atoms with van der Waals surface area (Å²) in [6.07, 6.45) is 41.3. The van der Waals surface area contributed by atoms with Crippen molar-refractivity contribution in [1.82, 2.24) is 0 Å². The molecule has 0 aromatic heterocycles. The van der Waals surface area contributed by atoms with E-state index in [1.54, 1.807) is 0 Å². The average molecular weight is 587 g/mol. The normalized spacial score (nSPS) is 12.9. The number of ether oxygens (including phenoxy) is 2. The molecule has 5 nitrogen and oxygen atoms in total. The fraction of sp³-hybridized carbons (Fsp3) is 0.676. The van der Waals surface area contributed by atoms with Crippen molar-refractivity contribution >= 4 is 11.9 Å². The van der Waals surface area contributed by atoms with E-state index >= 15 is 0 Å². The fourth-order valence-electron chi connectivity index (χ4n) is 4.24. The molecule has 0 saturated heterocycles.